The highest BCUT2D eigenvalue weighted by Gasteiger charge is 2.21. The zero-order chi connectivity index (χ0) is 26.4. The third kappa shape index (κ3) is 5.73. The van der Waals surface area contributed by atoms with Gasteiger partial charge in [0, 0.05) is 30.9 Å². The van der Waals surface area contributed by atoms with Crippen LogP contribution in [0.25, 0.3) is 17.0 Å². The molecule has 0 saturated carbocycles. The number of hydrogen-bond acceptors (Lipinski definition) is 4. The van der Waals surface area contributed by atoms with Gasteiger partial charge in [-0.2, -0.15) is 0 Å². The van der Waals surface area contributed by atoms with Crippen LogP contribution in [0.1, 0.15) is 46.9 Å². The number of amides is 1. The summed E-state index contributed by atoms with van der Waals surface area (Å²) in [6.07, 6.45) is 5.41. The number of benzene rings is 2. The van der Waals surface area contributed by atoms with Gasteiger partial charge in [-0.3, -0.25) is 14.3 Å². The van der Waals surface area contributed by atoms with E-state index in [0.717, 1.165) is 28.6 Å². The first-order valence-electron chi connectivity index (χ1n) is 11.6. The SMILES string of the molecule is CC.Cc1ncc2cc(/C=C/CNC(=O)c3c(C)n(C)n(Cc4ccc(F)c(F)c4)c3=O)ccc2n1. The summed E-state index contributed by atoms with van der Waals surface area (Å²) in [7, 11) is 1.64. The van der Waals surface area contributed by atoms with Crippen LogP contribution in [0.3, 0.4) is 0 Å². The Morgan fingerprint density at radius 2 is 1.83 bits per heavy atom. The van der Waals surface area contributed by atoms with Crippen molar-refractivity contribution in [3.8, 4) is 0 Å². The van der Waals surface area contributed by atoms with Gasteiger partial charge in [0.05, 0.1) is 12.1 Å². The number of carbonyl (C=O) groups excluding carboxylic acids is 1. The number of nitrogens with one attached hydrogen (secondary N) is 1. The largest absolute Gasteiger partial charge is 0.348 e. The fraction of sp³-hybridized carbons (Fsp3) is 0.259. The molecular weight excluding hydrogens is 464 g/mol. The highest BCUT2D eigenvalue weighted by Crippen LogP contribution is 2.15. The number of carbonyl (C=O) groups is 1. The van der Waals surface area contributed by atoms with Crippen LogP contribution in [0.5, 0.6) is 0 Å². The first-order valence-corrected chi connectivity index (χ1v) is 11.6. The molecule has 9 heteroatoms. The summed E-state index contributed by atoms with van der Waals surface area (Å²) in [4.78, 5) is 34.2. The molecule has 7 nitrogen and oxygen atoms in total. The van der Waals surface area contributed by atoms with Crippen LogP contribution in [0, 0.1) is 25.5 Å². The minimum Gasteiger partial charge on any atom is -0.348 e. The zero-order valence-corrected chi connectivity index (χ0v) is 21.0. The molecule has 2 heterocycles. The predicted molar refractivity (Wildman–Crippen MR) is 137 cm³/mol. The van der Waals surface area contributed by atoms with E-state index in [-0.39, 0.29) is 18.7 Å². The number of halogens is 2. The van der Waals surface area contributed by atoms with Crippen molar-refractivity contribution in [3.05, 3.63) is 98.9 Å². The lowest BCUT2D eigenvalue weighted by Crippen LogP contribution is -2.31. The number of aromatic nitrogens is 4. The number of nitrogens with zero attached hydrogens (tertiary/aromatic N) is 4. The fourth-order valence-corrected chi connectivity index (χ4v) is 3.70. The van der Waals surface area contributed by atoms with Gasteiger partial charge in [-0.15, -0.1) is 0 Å². The Kier molecular flexibility index (Phi) is 8.47. The molecule has 2 aromatic heterocycles. The maximum atomic E-state index is 13.5. The van der Waals surface area contributed by atoms with Gasteiger partial charge in [-0.1, -0.05) is 38.1 Å². The molecule has 2 aromatic carbocycles. The molecule has 0 aliphatic carbocycles. The molecule has 0 aliphatic rings. The molecule has 0 unspecified atom stereocenters. The van der Waals surface area contributed by atoms with Crippen molar-refractivity contribution >= 4 is 22.9 Å². The van der Waals surface area contributed by atoms with Crippen LogP contribution in [0.4, 0.5) is 8.78 Å². The molecule has 0 radical (unpaired) electrons. The van der Waals surface area contributed by atoms with Crippen molar-refractivity contribution in [1.29, 1.82) is 0 Å². The molecule has 0 spiro atoms. The van der Waals surface area contributed by atoms with Crippen molar-refractivity contribution in [2.24, 2.45) is 7.05 Å². The molecule has 188 valence electrons. The Bertz CT molecular complexity index is 1490. The predicted octanol–water partition coefficient (Wildman–Crippen LogP) is 4.54. The average molecular weight is 494 g/mol. The van der Waals surface area contributed by atoms with Gasteiger partial charge in [0.2, 0.25) is 0 Å². The minimum atomic E-state index is -0.990. The molecule has 4 rings (SSSR count). The summed E-state index contributed by atoms with van der Waals surface area (Å²) >= 11 is 0. The normalized spacial score (nSPS) is 11.0. The molecular formula is C27H29F2N5O2. The minimum absolute atomic E-state index is 0.00571. The van der Waals surface area contributed by atoms with Gasteiger partial charge in [0.1, 0.15) is 11.4 Å². The molecule has 0 aliphatic heterocycles. The van der Waals surface area contributed by atoms with E-state index in [4.69, 9.17) is 0 Å². The number of hydrogen-bond donors (Lipinski definition) is 1. The van der Waals surface area contributed by atoms with E-state index in [1.54, 1.807) is 26.2 Å². The quantitative estimate of drug-likeness (QED) is 0.428. The van der Waals surface area contributed by atoms with Crippen molar-refractivity contribution in [2.45, 2.75) is 34.2 Å². The lowest BCUT2D eigenvalue weighted by atomic mass is 10.1. The Hall–Kier alpha value is -4.14. The van der Waals surface area contributed by atoms with E-state index in [0.29, 0.717) is 17.1 Å². The molecule has 4 aromatic rings. The van der Waals surface area contributed by atoms with Crippen molar-refractivity contribution in [2.75, 3.05) is 6.54 Å². The molecule has 0 fully saturated rings. The second-order valence-corrected chi connectivity index (χ2v) is 7.94. The molecule has 36 heavy (non-hydrogen) atoms. The van der Waals surface area contributed by atoms with Crippen LogP contribution in [0.2, 0.25) is 0 Å². The molecule has 0 saturated heterocycles. The zero-order valence-electron chi connectivity index (χ0n) is 21.0. The third-order valence-electron chi connectivity index (χ3n) is 5.62. The Labute approximate surface area is 208 Å². The van der Waals surface area contributed by atoms with E-state index in [9.17, 15) is 18.4 Å². The van der Waals surface area contributed by atoms with Crippen LogP contribution in [-0.4, -0.2) is 31.8 Å². The van der Waals surface area contributed by atoms with Gasteiger partial charge in [-0.05, 0) is 49.2 Å². The second-order valence-electron chi connectivity index (χ2n) is 7.94. The van der Waals surface area contributed by atoms with Gasteiger partial charge in [0.15, 0.2) is 11.6 Å². The topological polar surface area (TPSA) is 81.8 Å². The van der Waals surface area contributed by atoms with E-state index >= 15 is 0 Å². The van der Waals surface area contributed by atoms with Crippen LogP contribution >= 0.6 is 0 Å². The lowest BCUT2D eigenvalue weighted by molar-refractivity contribution is 0.0956. The molecule has 1 N–H and O–H groups in total. The molecule has 0 atom stereocenters. The van der Waals surface area contributed by atoms with E-state index < -0.39 is 23.1 Å². The highest BCUT2D eigenvalue weighted by molar-refractivity contribution is 5.95. The number of rotatable bonds is 6. The Morgan fingerprint density at radius 3 is 2.56 bits per heavy atom. The standard InChI is InChI=1S/C25H23F2N5O2.C2H6/c1-15-23(25(34)32(31(15)3)14-18-6-8-20(26)21(27)12-18)24(33)28-10-4-5-17-7-9-22-19(11-17)13-29-16(2)30-22;1-2/h4-9,11-13H,10,14H2,1-3H3,(H,28,33);1-2H3/b5-4+;. The molecule has 0 bridgehead atoms. The summed E-state index contributed by atoms with van der Waals surface area (Å²) < 4.78 is 29.6. The second kappa shape index (κ2) is 11.5. The average Bonchev–Trinajstić information content (AvgIpc) is 3.08. The van der Waals surface area contributed by atoms with Crippen molar-refractivity contribution in [3.63, 3.8) is 0 Å². The lowest BCUT2D eigenvalue weighted by Gasteiger charge is -2.08. The monoisotopic (exact) mass is 493 g/mol. The third-order valence-corrected chi connectivity index (χ3v) is 5.62. The first kappa shape index (κ1) is 26.5. The van der Waals surface area contributed by atoms with Crippen molar-refractivity contribution in [1.82, 2.24) is 24.6 Å². The summed E-state index contributed by atoms with van der Waals surface area (Å²) in [5.41, 5.74) is 2.18. The van der Waals surface area contributed by atoms with E-state index in [1.807, 2.05) is 45.0 Å². The summed E-state index contributed by atoms with van der Waals surface area (Å²) in [5.74, 6) is -1.75. The smallest absolute Gasteiger partial charge is 0.280 e. The van der Waals surface area contributed by atoms with Crippen LogP contribution < -0.4 is 10.9 Å². The van der Waals surface area contributed by atoms with Gasteiger partial charge in [-0.25, -0.2) is 23.4 Å². The highest BCUT2D eigenvalue weighted by atomic mass is 19.2. The van der Waals surface area contributed by atoms with Crippen molar-refractivity contribution < 1.29 is 13.6 Å². The van der Waals surface area contributed by atoms with Gasteiger partial charge < -0.3 is 5.32 Å². The Morgan fingerprint density at radius 1 is 1.08 bits per heavy atom. The maximum Gasteiger partial charge on any atom is 0.280 e. The number of fused-ring (bicyclic) bond motifs is 1. The number of aryl methyl sites for hydroxylation is 1. The maximum absolute atomic E-state index is 13.5. The van der Waals surface area contributed by atoms with E-state index in [2.05, 4.69) is 15.3 Å². The first-order chi connectivity index (χ1) is 17.2. The summed E-state index contributed by atoms with van der Waals surface area (Å²) in [5, 5.41) is 3.64. The van der Waals surface area contributed by atoms with Crippen LogP contribution in [-0.2, 0) is 13.6 Å². The summed E-state index contributed by atoms with van der Waals surface area (Å²) in [6.45, 7) is 7.72. The van der Waals surface area contributed by atoms with Gasteiger partial charge in [0.25, 0.3) is 11.5 Å². The van der Waals surface area contributed by atoms with Gasteiger partial charge >= 0.3 is 0 Å². The molecule has 1 amide bonds. The Balaban J connectivity index is 0.00000176. The summed E-state index contributed by atoms with van der Waals surface area (Å²) in [6, 6.07) is 9.23. The van der Waals surface area contributed by atoms with Crippen LogP contribution in [0.15, 0.2) is 53.5 Å². The van der Waals surface area contributed by atoms with E-state index in [1.165, 1.54) is 15.4 Å². The fourth-order valence-electron chi connectivity index (χ4n) is 3.70.